The monoisotopic (exact) mass is 439 g/mol. The average molecular weight is 440 g/mol. The molecule has 0 radical (unpaired) electrons. The number of carbonyl (C=O) groups excluding carboxylic acids is 3. The Labute approximate surface area is 177 Å². The van der Waals surface area contributed by atoms with E-state index in [-0.39, 0.29) is 11.5 Å². The molecule has 1 unspecified atom stereocenters. The van der Waals surface area contributed by atoms with Crippen LogP contribution < -0.4 is 14.8 Å². The summed E-state index contributed by atoms with van der Waals surface area (Å²) in [4.78, 5) is 35.6. The van der Waals surface area contributed by atoms with E-state index in [4.69, 9.17) is 37.4 Å². The number of anilines is 1. The SMILES string of the molecule is COc1cc(C(C)=O)ccc1OCC(=O)OC(C)C(=O)Nc1cc(Cl)cc(Cl)c1. The molecule has 0 aliphatic rings. The van der Waals surface area contributed by atoms with Gasteiger partial charge in [0.15, 0.2) is 30.0 Å². The van der Waals surface area contributed by atoms with Gasteiger partial charge in [0.2, 0.25) is 0 Å². The fourth-order valence-electron chi connectivity index (χ4n) is 2.30. The molecule has 0 bridgehead atoms. The minimum atomic E-state index is -1.08. The molecule has 1 amide bonds. The summed E-state index contributed by atoms with van der Waals surface area (Å²) in [6.45, 7) is 2.40. The summed E-state index contributed by atoms with van der Waals surface area (Å²) in [6, 6.07) is 9.13. The van der Waals surface area contributed by atoms with Gasteiger partial charge in [-0.25, -0.2) is 4.79 Å². The second-order valence-corrected chi connectivity index (χ2v) is 6.86. The van der Waals surface area contributed by atoms with Gasteiger partial charge in [-0.3, -0.25) is 9.59 Å². The maximum Gasteiger partial charge on any atom is 0.344 e. The van der Waals surface area contributed by atoms with Crippen LogP contribution in [0.15, 0.2) is 36.4 Å². The third-order valence-electron chi connectivity index (χ3n) is 3.72. The molecule has 0 spiro atoms. The Hall–Kier alpha value is -2.77. The number of benzene rings is 2. The number of ether oxygens (including phenoxy) is 3. The van der Waals surface area contributed by atoms with Crippen molar-refractivity contribution < 1.29 is 28.6 Å². The van der Waals surface area contributed by atoms with Crippen LogP contribution in [0, 0.1) is 0 Å². The number of halogens is 2. The van der Waals surface area contributed by atoms with Crippen molar-refractivity contribution in [1.29, 1.82) is 0 Å². The molecule has 0 saturated heterocycles. The van der Waals surface area contributed by atoms with Crippen LogP contribution in [-0.2, 0) is 14.3 Å². The second kappa shape index (κ2) is 10.1. The van der Waals surface area contributed by atoms with Gasteiger partial charge >= 0.3 is 5.97 Å². The molecule has 0 fully saturated rings. The van der Waals surface area contributed by atoms with E-state index < -0.39 is 24.6 Å². The van der Waals surface area contributed by atoms with Crippen molar-refractivity contribution in [1.82, 2.24) is 0 Å². The summed E-state index contributed by atoms with van der Waals surface area (Å²) in [5.74, 6) is -0.876. The van der Waals surface area contributed by atoms with Gasteiger partial charge in [-0.2, -0.15) is 0 Å². The van der Waals surface area contributed by atoms with Gasteiger partial charge in [-0.1, -0.05) is 23.2 Å². The fourth-order valence-corrected chi connectivity index (χ4v) is 2.82. The Morgan fingerprint density at radius 1 is 1.03 bits per heavy atom. The highest BCUT2D eigenvalue weighted by molar-refractivity contribution is 6.35. The maximum absolute atomic E-state index is 12.2. The van der Waals surface area contributed by atoms with E-state index in [0.29, 0.717) is 27.0 Å². The number of hydrogen-bond acceptors (Lipinski definition) is 6. The first-order valence-electron chi connectivity index (χ1n) is 8.47. The molecule has 9 heteroatoms. The lowest BCUT2D eigenvalue weighted by Gasteiger charge is -2.15. The standard InChI is InChI=1S/C20H19Cl2NO6/c1-11(24)13-4-5-17(18(6-13)27-3)28-10-19(25)29-12(2)20(26)23-16-8-14(21)7-15(22)9-16/h4-9,12H,10H2,1-3H3,(H,23,26). The van der Waals surface area contributed by atoms with Crippen LogP contribution in [0.25, 0.3) is 0 Å². The molecule has 1 N–H and O–H groups in total. The number of nitrogens with one attached hydrogen (secondary N) is 1. The highest BCUT2D eigenvalue weighted by Crippen LogP contribution is 2.28. The van der Waals surface area contributed by atoms with Gasteiger partial charge < -0.3 is 19.5 Å². The van der Waals surface area contributed by atoms with E-state index in [0.717, 1.165) is 0 Å². The highest BCUT2D eigenvalue weighted by Gasteiger charge is 2.19. The number of ketones is 1. The Morgan fingerprint density at radius 3 is 2.28 bits per heavy atom. The summed E-state index contributed by atoms with van der Waals surface area (Å²) in [5.41, 5.74) is 0.824. The lowest BCUT2D eigenvalue weighted by Crippen LogP contribution is -2.31. The Morgan fingerprint density at radius 2 is 1.69 bits per heavy atom. The molecule has 29 heavy (non-hydrogen) atoms. The molecule has 0 heterocycles. The van der Waals surface area contributed by atoms with Gasteiger partial charge in [-0.15, -0.1) is 0 Å². The number of esters is 1. The van der Waals surface area contributed by atoms with E-state index >= 15 is 0 Å². The van der Waals surface area contributed by atoms with E-state index in [9.17, 15) is 14.4 Å². The van der Waals surface area contributed by atoms with Crippen LogP contribution in [0.3, 0.4) is 0 Å². The number of carbonyl (C=O) groups is 3. The third kappa shape index (κ3) is 6.66. The van der Waals surface area contributed by atoms with Crippen molar-refractivity contribution in [2.75, 3.05) is 19.0 Å². The first-order chi connectivity index (χ1) is 13.7. The summed E-state index contributed by atoms with van der Waals surface area (Å²) >= 11 is 11.8. The number of amides is 1. The minimum Gasteiger partial charge on any atom is -0.493 e. The second-order valence-electron chi connectivity index (χ2n) is 5.99. The number of hydrogen-bond donors (Lipinski definition) is 1. The quantitative estimate of drug-likeness (QED) is 0.490. The zero-order valence-electron chi connectivity index (χ0n) is 16.0. The summed E-state index contributed by atoms with van der Waals surface area (Å²) in [6.07, 6.45) is -1.08. The first-order valence-corrected chi connectivity index (χ1v) is 9.23. The molecule has 2 rings (SSSR count). The van der Waals surface area contributed by atoms with Crippen LogP contribution in [0.2, 0.25) is 10.0 Å². The topological polar surface area (TPSA) is 90.9 Å². The van der Waals surface area contributed by atoms with Gasteiger partial charge in [0, 0.05) is 21.3 Å². The molecule has 7 nitrogen and oxygen atoms in total. The zero-order valence-corrected chi connectivity index (χ0v) is 17.5. The Kier molecular flexibility index (Phi) is 7.87. The third-order valence-corrected chi connectivity index (χ3v) is 4.16. The van der Waals surface area contributed by atoms with Crippen LogP contribution >= 0.6 is 23.2 Å². The molecule has 1 atom stereocenters. The molecule has 0 aliphatic heterocycles. The molecule has 2 aromatic rings. The van der Waals surface area contributed by atoms with Crippen LogP contribution in [0.5, 0.6) is 11.5 Å². The largest absolute Gasteiger partial charge is 0.493 e. The molecule has 2 aromatic carbocycles. The molecular weight excluding hydrogens is 421 g/mol. The minimum absolute atomic E-state index is 0.130. The van der Waals surface area contributed by atoms with E-state index in [1.165, 1.54) is 51.3 Å². The molecule has 0 aromatic heterocycles. The normalized spacial score (nSPS) is 11.3. The molecule has 0 saturated carbocycles. The molecular formula is C20H19Cl2NO6. The van der Waals surface area contributed by atoms with E-state index in [1.807, 2.05) is 0 Å². The van der Waals surface area contributed by atoms with Crippen molar-refractivity contribution in [2.45, 2.75) is 20.0 Å². The van der Waals surface area contributed by atoms with Crippen molar-refractivity contribution >= 4 is 46.5 Å². The summed E-state index contributed by atoms with van der Waals surface area (Å²) in [7, 11) is 1.42. The zero-order chi connectivity index (χ0) is 21.6. The predicted octanol–water partition coefficient (Wildman–Crippen LogP) is 4.15. The molecule has 154 valence electrons. The lowest BCUT2D eigenvalue weighted by molar-refractivity contribution is -0.155. The predicted molar refractivity (Wildman–Crippen MR) is 109 cm³/mol. The van der Waals surface area contributed by atoms with Gasteiger partial charge in [0.05, 0.1) is 7.11 Å². The number of Topliss-reactive ketones (excluding diaryl/α,β-unsaturated/α-hetero) is 1. The van der Waals surface area contributed by atoms with Crippen LogP contribution in [0.4, 0.5) is 5.69 Å². The van der Waals surface area contributed by atoms with Crippen molar-refractivity contribution in [3.8, 4) is 11.5 Å². The van der Waals surface area contributed by atoms with Gasteiger partial charge in [-0.05, 0) is 50.2 Å². The van der Waals surface area contributed by atoms with Gasteiger partial charge in [0.1, 0.15) is 0 Å². The first kappa shape index (κ1) is 22.5. The van der Waals surface area contributed by atoms with Crippen molar-refractivity contribution in [3.63, 3.8) is 0 Å². The average Bonchev–Trinajstić information content (AvgIpc) is 2.65. The fraction of sp³-hybridized carbons (Fsp3) is 0.250. The summed E-state index contributed by atoms with van der Waals surface area (Å²) in [5, 5.41) is 3.27. The van der Waals surface area contributed by atoms with Crippen LogP contribution in [0.1, 0.15) is 24.2 Å². The Bertz CT molecular complexity index is 911. The Balaban J connectivity index is 1.91. The van der Waals surface area contributed by atoms with Gasteiger partial charge in [0.25, 0.3) is 5.91 Å². The van der Waals surface area contributed by atoms with Crippen molar-refractivity contribution in [3.05, 3.63) is 52.0 Å². The molecule has 0 aliphatic carbocycles. The summed E-state index contributed by atoms with van der Waals surface area (Å²) < 4.78 is 15.6. The smallest absolute Gasteiger partial charge is 0.344 e. The lowest BCUT2D eigenvalue weighted by atomic mass is 10.1. The highest BCUT2D eigenvalue weighted by atomic mass is 35.5. The van der Waals surface area contributed by atoms with E-state index in [1.54, 1.807) is 6.07 Å². The van der Waals surface area contributed by atoms with E-state index in [2.05, 4.69) is 5.32 Å². The number of methoxy groups -OCH3 is 1. The van der Waals surface area contributed by atoms with Crippen molar-refractivity contribution in [2.24, 2.45) is 0 Å². The number of rotatable bonds is 8. The maximum atomic E-state index is 12.2. The van der Waals surface area contributed by atoms with Crippen LogP contribution in [-0.4, -0.2) is 37.5 Å².